The lowest BCUT2D eigenvalue weighted by Gasteiger charge is -2.09. The molecule has 2 aromatic rings. The molecule has 17 heavy (non-hydrogen) atoms. The molecular formula is C13H16N2O2. The van der Waals surface area contributed by atoms with Crippen LogP contribution in [0.5, 0.6) is 0 Å². The molecule has 0 spiro atoms. The molecule has 90 valence electrons. The van der Waals surface area contributed by atoms with Gasteiger partial charge in [0.05, 0.1) is 6.10 Å². The molecule has 1 aromatic carbocycles. The van der Waals surface area contributed by atoms with E-state index in [1.54, 1.807) is 13.2 Å². The SMILES string of the molecule is COC(C)Cc1ccc(-c2cc(N)no2)cc1. The lowest BCUT2D eigenvalue weighted by molar-refractivity contribution is 0.119. The van der Waals surface area contributed by atoms with Gasteiger partial charge in [0, 0.05) is 18.7 Å². The van der Waals surface area contributed by atoms with Crippen molar-refractivity contribution < 1.29 is 9.26 Å². The Hall–Kier alpha value is -1.81. The van der Waals surface area contributed by atoms with Gasteiger partial charge in [-0.2, -0.15) is 0 Å². The van der Waals surface area contributed by atoms with Gasteiger partial charge in [-0.3, -0.25) is 0 Å². The van der Waals surface area contributed by atoms with E-state index in [1.807, 2.05) is 19.1 Å². The number of aromatic nitrogens is 1. The van der Waals surface area contributed by atoms with Gasteiger partial charge in [-0.25, -0.2) is 0 Å². The van der Waals surface area contributed by atoms with E-state index < -0.39 is 0 Å². The minimum Gasteiger partial charge on any atom is -0.381 e. The first kappa shape index (κ1) is 11.7. The highest BCUT2D eigenvalue weighted by Crippen LogP contribution is 2.21. The Morgan fingerprint density at radius 2 is 2.06 bits per heavy atom. The second kappa shape index (κ2) is 5.01. The van der Waals surface area contributed by atoms with Crippen LogP contribution in [0.4, 0.5) is 5.82 Å². The zero-order valence-corrected chi connectivity index (χ0v) is 10.0. The number of hydrogen-bond acceptors (Lipinski definition) is 4. The van der Waals surface area contributed by atoms with Crippen molar-refractivity contribution in [1.29, 1.82) is 0 Å². The quantitative estimate of drug-likeness (QED) is 0.879. The number of rotatable bonds is 4. The van der Waals surface area contributed by atoms with Gasteiger partial charge in [-0.05, 0) is 18.9 Å². The first-order chi connectivity index (χ1) is 8.19. The minimum atomic E-state index is 0.224. The van der Waals surface area contributed by atoms with E-state index >= 15 is 0 Å². The third kappa shape index (κ3) is 2.85. The summed E-state index contributed by atoms with van der Waals surface area (Å²) in [7, 11) is 1.72. The van der Waals surface area contributed by atoms with E-state index in [-0.39, 0.29) is 6.10 Å². The largest absolute Gasteiger partial charge is 0.381 e. The molecule has 0 aliphatic heterocycles. The average Bonchev–Trinajstić information content (AvgIpc) is 2.77. The zero-order valence-electron chi connectivity index (χ0n) is 10.0. The summed E-state index contributed by atoms with van der Waals surface area (Å²) in [6, 6.07) is 9.83. The van der Waals surface area contributed by atoms with Crippen LogP contribution < -0.4 is 5.73 Å². The van der Waals surface area contributed by atoms with Gasteiger partial charge in [0.2, 0.25) is 0 Å². The van der Waals surface area contributed by atoms with Crippen LogP contribution in [-0.4, -0.2) is 18.4 Å². The Labute approximate surface area is 100 Å². The number of nitrogens with two attached hydrogens (primary N) is 1. The van der Waals surface area contributed by atoms with Crippen molar-refractivity contribution in [1.82, 2.24) is 5.16 Å². The first-order valence-electron chi connectivity index (χ1n) is 5.53. The van der Waals surface area contributed by atoms with Gasteiger partial charge in [0.25, 0.3) is 0 Å². The van der Waals surface area contributed by atoms with Crippen LogP contribution in [0.2, 0.25) is 0 Å². The third-order valence-corrected chi connectivity index (χ3v) is 2.69. The van der Waals surface area contributed by atoms with Crippen LogP contribution in [0.15, 0.2) is 34.9 Å². The van der Waals surface area contributed by atoms with Crippen molar-refractivity contribution in [2.45, 2.75) is 19.4 Å². The Morgan fingerprint density at radius 1 is 1.35 bits per heavy atom. The summed E-state index contributed by atoms with van der Waals surface area (Å²) in [5, 5.41) is 3.66. The molecule has 0 bridgehead atoms. The fourth-order valence-corrected chi connectivity index (χ4v) is 1.65. The highest BCUT2D eigenvalue weighted by atomic mass is 16.5. The van der Waals surface area contributed by atoms with Crippen molar-refractivity contribution in [3.8, 4) is 11.3 Å². The van der Waals surface area contributed by atoms with E-state index in [9.17, 15) is 0 Å². The maximum absolute atomic E-state index is 5.51. The number of nitrogens with zero attached hydrogens (tertiary/aromatic N) is 1. The van der Waals surface area contributed by atoms with Gasteiger partial charge in [-0.15, -0.1) is 0 Å². The number of hydrogen-bond donors (Lipinski definition) is 1. The third-order valence-electron chi connectivity index (χ3n) is 2.69. The Bertz CT molecular complexity index is 476. The monoisotopic (exact) mass is 232 g/mol. The van der Waals surface area contributed by atoms with E-state index in [0.29, 0.717) is 11.6 Å². The summed E-state index contributed by atoms with van der Waals surface area (Å²) in [5.74, 6) is 1.09. The van der Waals surface area contributed by atoms with Crippen LogP contribution in [-0.2, 0) is 11.2 Å². The van der Waals surface area contributed by atoms with Crippen LogP contribution in [0.1, 0.15) is 12.5 Å². The van der Waals surface area contributed by atoms with Crippen LogP contribution in [0.25, 0.3) is 11.3 Å². The minimum absolute atomic E-state index is 0.224. The normalized spacial score (nSPS) is 12.6. The second-order valence-electron chi connectivity index (χ2n) is 4.06. The Morgan fingerprint density at radius 3 is 2.59 bits per heavy atom. The molecule has 0 aliphatic rings. The number of nitrogen functional groups attached to an aromatic ring is 1. The number of methoxy groups -OCH3 is 1. The average molecular weight is 232 g/mol. The summed E-state index contributed by atoms with van der Waals surface area (Å²) < 4.78 is 10.3. The van der Waals surface area contributed by atoms with E-state index in [2.05, 4.69) is 17.3 Å². The van der Waals surface area contributed by atoms with Gasteiger partial charge in [0.15, 0.2) is 11.6 Å². The van der Waals surface area contributed by atoms with Gasteiger partial charge in [0.1, 0.15) is 0 Å². The zero-order chi connectivity index (χ0) is 12.3. The van der Waals surface area contributed by atoms with Crippen molar-refractivity contribution in [2.24, 2.45) is 0 Å². The summed E-state index contributed by atoms with van der Waals surface area (Å²) in [6.07, 6.45) is 1.12. The van der Waals surface area contributed by atoms with Crippen molar-refractivity contribution >= 4 is 5.82 Å². The number of ether oxygens (including phenoxy) is 1. The predicted octanol–water partition coefficient (Wildman–Crippen LogP) is 2.50. The van der Waals surface area contributed by atoms with Crippen molar-refractivity contribution in [3.05, 3.63) is 35.9 Å². The van der Waals surface area contributed by atoms with Crippen molar-refractivity contribution in [2.75, 3.05) is 12.8 Å². The van der Waals surface area contributed by atoms with E-state index in [1.165, 1.54) is 5.56 Å². The summed E-state index contributed by atoms with van der Waals surface area (Å²) >= 11 is 0. The molecule has 4 nitrogen and oxygen atoms in total. The molecule has 2 rings (SSSR count). The molecule has 0 radical (unpaired) electrons. The fourth-order valence-electron chi connectivity index (χ4n) is 1.65. The molecule has 2 N–H and O–H groups in total. The van der Waals surface area contributed by atoms with E-state index in [4.69, 9.17) is 15.0 Å². The lowest BCUT2D eigenvalue weighted by Crippen LogP contribution is -2.08. The smallest absolute Gasteiger partial charge is 0.169 e. The number of anilines is 1. The van der Waals surface area contributed by atoms with E-state index in [0.717, 1.165) is 12.0 Å². The second-order valence-corrected chi connectivity index (χ2v) is 4.06. The molecule has 1 aromatic heterocycles. The number of benzene rings is 1. The molecule has 4 heteroatoms. The van der Waals surface area contributed by atoms with Crippen LogP contribution in [0.3, 0.4) is 0 Å². The van der Waals surface area contributed by atoms with Crippen LogP contribution >= 0.6 is 0 Å². The fraction of sp³-hybridized carbons (Fsp3) is 0.308. The van der Waals surface area contributed by atoms with Gasteiger partial charge < -0.3 is 15.0 Å². The molecule has 1 atom stereocenters. The molecule has 0 saturated heterocycles. The summed E-state index contributed by atoms with van der Waals surface area (Å²) in [4.78, 5) is 0. The summed E-state index contributed by atoms with van der Waals surface area (Å²) in [5.41, 5.74) is 7.72. The summed E-state index contributed by atoms with van der Waals surface area (Å²) in [6.45, 7) is 2.05. The standard InChI is InChI=1S/C13H16N2O2/c1-9(16-2)7-10-3-5-11(6-4-10)12-8-13(14)15-17-12/h3-6,8-9H,7H2,1-2H3,(H2,14,15). The molecule has 1 unspecified atom stereocenters. The molecule has 0 saturated carbocycles. The van der Waals surface area contributed by atoms with Crippen molar-refractivity contribution in [3.63, 3.8) is 0 Å². The maximum atomic E-state index is 5.51. The predicted molar refractivity (Wildman–Crippen MR) is 66.5 cm³/mol. The Kier molecular flexibility index (Phi) is 3.44. The topological polar surface area (TPSA) is 61.3 Å². The highest BCUT2D eigenvalue weighted by molar-refractivity contribution is 5.60. The van der Waals surface area contributed by atoms with Gasteiger partial charge >= 0.3 is 0 Å². The highest BCUT2D eigenvalue weighted by Gasteiger charge is 2.06. The lowest BCUT2D eigenvalue weighted by atomic mass is 10.1. The molecule has 0 fully saturated rings. The molecular weight excluding hydrogens is 216 g/mol. The molecule has 0 aliphatic carbocycles. The molecule has 1 heterocycles. The first-order valence-corrected chi connectivity index (χ1v) is 5.53. The maximum Gasteiger partial charge on any atom is 0.169 e. The molecule has 0 amide bonds. The Balaban J connectivity index is 2.13. The van der Waals surface area contributed by atoms with Crippen LogP contribution in [0, 0.1) is 0 Å². The van der Waals surface area contributed by atoms with Gasteiger partial charge in [-0.1, -0.05) is 29.4 Å².